The van der Waals surface area contributed by atoms with E-state index in [2.05, 4.69) is 16.8 Å². The molecule has 0 saturated heterocycles. The predicted molar refractivity (Wildman–Crippen MR) is 91.3 cm³/mol. The number of aromatic nitrogens is 2. The van der Waals surface area contributed by atoms with Crippen molar-refractivity contribution in [3.8, 4) is 0 Å². The highest BCUT2D eigenvalue weighted by Crippen LogP contribution is 2.15. The van der Waals surface area contributed by atoms with Gasteiger partial charge < -0.3 is 14.4 Å². The maximum Gasteiger partial charge on any atom is 0.246 e. The van der Waals surface area contributed by atoms with Crippen molar-refractivity contribution in [2.45, 2.75) is 40.8 Å². The minimum Gasteiger partial charge on any atom is -0.330 e. The van der Waals surface area contributed by atoms with Gasteiger partial charge in [-0.1, -0.05) is 26.8 Å². The van der Waals surface area contributed by atoms with E-state index in [-0.39, 0.29) is 11.7 Å². The van der Waals surface area contributed by atoms with Gasteiger partial charge in [0.05, 0.1) is 12.7 Å². The molecule has 0 unspecified atom stereocenters. The van der Waals surface area contributed by atoms with Crippen molar-refractivity contribution in [1.29, 1.82) is 0 Å². The van der Waals surface area contributed by atoms with Crippen LogP contribution < -0.4 is 0 Å². The molecule has 128 valence electrons. The van der Waals surface area contributed by atoms with Gasteiger partial charge in [-0.3, -0.25) is 9.59 Å². The number of ketones is 1. The predicted octanol–water partition coefficient (Wildman–Crippen LogP) is 1.96. The van der Waals surface area contributed by atoms with E-state index in [1.54, 1.807) is 17.2 Å². The summed E-state index contributed by atoms with van der Waals surface area (Å²) in [6, 6.07) is 0. The molecule has 0 saturated carbocycles. The Hall–Kier alpha value is -1.95. The van der Waals surface area contributed by atoms with E-state index in [1.807, 2.05) is 31.5 Å². The second-order valence-corrected chi connectivity index (χ2v) is 5.28. The second kappa shape index (κ2) is 9.25. The monoisotopic (exact) mass is 320 g/mol. The molecule has 1 amide bonds. The fraction of sp³-hybridized carbons (Fsp3) is 0.588. The van der Waals surface area contributed by atoms with Crippen molar-refractivity contribution >= 4 is 11.7 Å². The van der Waals surface area contributed by atoms with E-state index < -0.39 is 0 Å². The zero-order chi connectivity index (χ0) is 17.4. The molecule has 6 heteroatoms. The summed E-state index contributed by atoms with van der Waals surface area (Å²) in [5.74, 6) is 0.785. The quantitative estimate of drug-likeness (QED) is 0.615. The Bertz CT molecular complexity index is 563. The van der Waals surface area contributed by atoms with Crippen LogP contribution in [-0.4, -0.2) is 57.7 Å². The summed E-state index contributed by atoms with van der Waals surface area (Å²) in [5, 5.41) is 0. The number of hydrogen-bond acceptors (Lipinski definition) is 4. The molecule has 0 aromatic carbocycles. The third-order valence-corrected chi connectivity index (χ3v) is 3.75. The van der Waals surface area contributed by atoms with Crippen molar-refractivity contribution in [2.75, 3.05) is 26.7 Å². The van der Waals surface area contributed by atoms with Gasteiger partial charge in [0.1, 0.15) is 11.5 Å². The van der Waals surface area contributed by atoms with E-state index in [0.29, 0.717) is 25.3 Å². The molecule has 1 aliphatic rings. The molecule has 23 heavy (non-hydrogen) atoms. The molecule has 2 heterocycles. The van der Waals surface area contributed by atoms with Crippen molar-refractivity contribution in [2.24, 2.45) is 0 Å². The Morgan fingerprint density at radius 2 is 2.04 bits per heavy atom. The number of nitrogens with zero attached hydrogens (tertiary/aromatic N) is 4. The number of carbonyl (C=O) groups excluding carboxylic acids is 2. The van der Waals surface area contributed by atoms with Crippen LogP contribution in [0.3, 0.4) is 0 Å². The van der Waals surface area contributed by atoms with Gasteiger partial charge in [0.15, 0.2) is 5.78 Å². The molecule has 0 radical (unpaired) electrons. The maximum atomic E-state index is 12.1. The molecule has 0 aliphatic carbocycles. The SMILES string of the molecule is CC.CCN(C)C/C=C/C(=O)N1CCn2c(C(C)=O)cnc2C1. The topological polar surface area (TPSA) is 58.4 Å². The van der Waals surface area contributed by atoms with E-state index in [4.69, 9.17) is 0 Å². The maximum absolute atomic E-state index is 12.1. The zero-order valence-corrected chi connectivity index (χ0v) is 14.9. The molecule has 0 fully saturated rings. The molecule has 2 rings (SSSR count). The van der Waals surface area contributed by atoms with Gasteiger partial charge in [-0.15, -0.1) is 0 Å². The number of hydrogen-bond donors (Lipinski definition) is 0. The Balaban J connectivity index is 0.00000127. The third-order valence-electron chi connectivity index (χ3n) is 3.75. The van der Waals surface area contributed by atoms with Crippen molar-refractivity contribution in [3.63, 3.8) is 0 Å². The van der Waals surface area contributed by atoms with E-state index >= 15 is 0 Å². The zero-order valence-electron chi connectivity index (χ0n) is 14.9. The summed E-state index contributed by atoms with van der Waals surface area (Å²) in [4.78, 5) is 31.7. The summed E-state index contributed by atoms with van der Waals surface area (Å²) in [7, 11) is 2.01. The van der Waals surface area contributed by atoms with Gasteiger partial charge in [-0.2, -0.15) is 0 Å². The van der Waals surface area contributed by atoms with Gasteiger partial charge in [-0.05, 0) is 13.6 Å². The third kappa shape index (κ3) is 5.03. The minimum absolute atomic E-state index is 0.00173. The Morgan fingerprint density at radius 3 is 2.65 bits per heavy atom. The smallest absolute Gasteiger partial charge is 0.246 e. The standard InChI is InChI=1S/C15H22N4O2.C2H6/c1-4-17(3)7-5-6-15(21)18-8-9-19-13(12(2)20)10-16-14(19)11-18;1-2/h5-6,10H,4,7-9,11H2,1-3H3;1-2H3/b6-5+;. The summed E-state index contributed by atoms with van der Waals surface area (Å²) in [6.45, 7) is 11.0. The molecule has 0 bridgehead atoms. The number of imidazole rings is 1. The van der Waals surface area contributed by atoms with Crippen molar-refractivity contribution < 1.29 is 9.59 Å². The van der Waals surface area contributed by atoms with Crippen molar-refractivity contribution in [1.82, 2.24) is 19.4 Å². The molecule has 0 atom stereocenters. The van der Waals surface area contributed by atoms with Crippen LogP contribution in [-0.2, 0) is 17.9 Å². The van der Waals surface area contributed by atoms with E-state index in [0.717, 1.165) is 18.9 Å². The first-order valence-electron chi connectivity index (χ1n) is 8.22. The van der Waals surface area contributed by atoms with Crippen LogP contribution in [0.15, 0.2) is 18.3 Å². The molecule has 1 aromatic heterocycles. The Labute approximate surface area is 138 Å². The van der Waals surface area contributed by atoms with Crippen LogP contribution in [0.5, 0.6) is 0 Å². The van der Waals surface area contributed by atoms with Gasteiger partial charge in [0.2, 0.25) is 5.91 Å². The summed E-state index contributed by atoms with van der Waals surface area (Å²) in [6.07, 6.45) is 5.10. The fourth-order valence-corrected chi connectivity index (χ4v) is 2.30. The lowest BCUT2D eigenvalue weighted by atomic mass is 10.3. The average Bonchev–Trinajstić information content (AvgIpc) is 2.99. The van der Waals surface area contributed by atoms with Crippen LogP contribution in [0.2, 0.25) is 0 Å². The first-order valence-corrected chi connectivity index (χ1v) is 8.22. The number of rotatable bonds is 5. The molecule has 1 aliphatic heterocycles. The summed E-state index contributed by atoms with van der Waals surface area (Å²) >= 11 is 0. The summed E-state index contributed by atoms with van der Waals surface area (Å²) in [5.41, 5.74) is 0.622. The van der Waals surface area contributed by atoms with Crippen molar-refractivity contribution in [3.05, 3.63) is 29.9 Å². The van der Waals surface area contributed by atoms with E-state index in [1.165, 1.54) is 6.92 Å². The largest absolute Gasteiger partial charge is 0.330 e. The first-order chi connectivity index (χ1) is 11.0. The number of amides is 1. The molecule has 1 aromatic rings. The number of likely N-dealkylation sites (N-methyl/N-ethyl adjacent to an activating group) is 1. The fourth-order valence-electron chi connectivity index (χ4n) is 2.30. The van der Waals surface area contributed by atoms with Crippen LogP contribution in [0.25, 0.3) is 0 Å². The Morgan fingerprint density at radius 1 is 1.35 bits per heavy atom. The number of fused-ring (bicyclic) bond motifs is 1. The normalized spacial score (nSPS) is 13.7. The molecule has 0 spiro atoms. The Kier molecular flexibility index (Phi) is 7.68. The molecular formula is C17H28N4O2. The second-order valence-electron chi connectivity index (χ2n) is 5.28. The van der Waals surface area contributed by atoms with Gasteiger partial charge in [-0.25, -0.2) is 4.98 Å². The number of carbonyl (C=O) groups is 2. The minimum atomic E-state index is -0.00173. The molecule has 0 N–H and O–H groups in total. The average molecular weight is 320 g/mol. The molecule has 6 nitrogen and oxygen atoms in total. The lowest BCUT2D eigenvalue weighted by Crippen LogP contribution is -2.38. The first kappa shape index (κ1) is 19.1. The highest BCUT2D eigenvalue weighted by Gasteiger charge is 2.23. The molecular weight excluding hydrogens is 292 g/mol. The van der Waals surface area contributed by atoms with E-state index in [9.17, 15) is 9.59 Å². The lowest BCUT2D eigenvalue weighted by molar-refractivity contribution is -0.127. The van der Waals surface area contributed by atoms with Crippen LogP contribution in [0.4, 0.5) is 0 Å². The van der Waals surface area contributed by atoms with Crippen LogP contribution in [0.1, 0.15) is 44.0 Å². The lowest BCUT2D eigenvalue weighted by Gasteiger charge is -2.27. The van der Waals surface area contributed by atoms with Crippen LogP contribution >= 0.6 is 0 Å². The van der Waals surface area contributed by atoms with Gasteiger partial charge in [0, 0.05) is 32.6 Å². The highest BCUT2D eigenvalue weighted by molar-refractivity contribution is 5.92. The number of Topliss-reactive ketones (excluding diaryl/α,β-unsaturated/α-hetero) is 1. The highest BCUT2D eigenvalue weighted by atomic mass is 16.2. The van der Waals surface area contributed by atoms with Gasteiger partial charge in [0.25, 0.3) is 0 Å². The summed E-state index contributed by atoms with van der Waals surface area (Å²) < 4.78 is 1.90. The van der Waals surface area contributed by atoms with Gasteiger partial charge >= 0.3 is 0 Å². The van der Waals surface area contributed by atoms with Crippen LogP contribution in [0, 0.1) is 0 Å².